The maximum Gasteiger partial charge on any atom is 0.261 e. The summed E-state index contributed by atoms with van der Waals surface area (Å²) in [5.74, 6) is -0.363. The molecule has 136 valence electrons. The summed E-state index contributed by atoms with van der Waals surface area (Å²) < 4.78 is 5.78. The summed E-state index contributed by atoms with van der Waals surface area (Å²) >= 11 is 1.73. The van der Waals surface area contributed by atoms with Crippen molar-refractivity contribution in [1.29, 1.82) is 0 Å². The van der Waals surface area contributed by atoms with Gasteiger partial charge in [-0.2, -0.15) is 0 Å². The summed E-state index contributed by atoms with van der Waals surface area (Å²) in [7, 11) is 0. The molecule has 6 heteroatoms. The van der Waals surface area contributed by atoms with E-state index in [0.717, 1.165) is 32.5 Å². The van der Waals surface area contributed by atoms with Crippen LogP contribution in [0.5, 0.6) is 0 Å². The van der Waals surface area contributed by atoms with Gasteiger partial charge in [-0.3, -0.25) is 19.4 Å². The van der Waals surface area contributed by atoms with Crippen LogP contribution in [0.3, 0.4) is 0 Å². The Labute approximate surface area is 157 Å². The third-order valence-electron chi connectivity index (χ3n) is 4.96. The van der Waals surface area contributed by atoms with Crippen molar-refractivity contribution in [1.82, 2.24) is 9.80 Å². The van der Waals surface area contributed by atoms with Gasteiger partial charge in [0.15, 0.2) is 0 Å². The molecule has 2 aliphatic rings. The Kier molecular flexibility index (Phi) is 5.15. The van der Waals surface area contributed by atoms with E-state index in [1.54, 1.807) is 35.6 Å². The first kappa shape index (κ1) is 17.4. The molecule has 4 rings (SSSR count). The largest absolute Gasteiger partial charge is 0.377 e. The number of carbonyl (C=O) groups is 2. The van der Waals surface area contributed by atoms with Crippen LogP contribution in [0, 0.1) is 0 Å². The molecule has 0 bridgehead atoms. The fraction of sp³-hybridized carbons (Fsp3) is 0.400. The third-order valence-corrected chi connectivity index (χ3v) is 5.82. The topological polar surface area (TPSA) is 49.9 Å². The molecule has 2 aliphatic heterocycles. The molecule has 2 amide bonds. The van der Waals surface area contributed by atoms with Gasteiger partial charge in [-0.25, -0.2) is 0 Å². The molecule has 0 aliphatic carbocycles. The molecular weight excluding hydrogens is 348 g/mol. The number of amides is 2. The van der Waals surface area contributed by atoms with E-state index in [1.807, 2.05) is 0 Å². The van der Waals surface area contributed by atoms with Crippen LogP contribution in [0.4, 0.5) is 0 Å². The molecule has 0 radical (unpaired) electrons. The lowest BCUT2D eigenvalue weighted by molar-refractivity contribution is 0.0561. The van der Waals surface area contributed by atoms with Crippen molar-refractivity contribution in [2.75, 3.05) is 26.2 Å². The van der Waals surface area contributed by atoms with Crippen LogP contribution in [0.25, 0.3) is 0 Å². The quantitative estimate of drug-likeness (QED) is 0.703. The molecule has 1 fully saturated rings. The Morgan fingerprint density at radius 1 is 1.12 bits per heavy atom. The minimum absolute atomic E-state index is 0.182. The summed E-state index contributed by atoms with van der Waals surface area (Å²) in [5, 5.41) is 2.07. The Bertz CT molecular complexity index is 749. The summed E-state index contributed by atoms with van der Waals surface area (Å²) in [5.41, 5.74) is 1.03. The summed E-state index contributed by atoms with van der Waals surface area (Å²) in [6, 6.07) is 11.2. The number of benzene rings is 1. The highest BCUT2D eigenvalue weighted by atomic mass is 32.1. The number of fused-ring (bicyclic) bond motifs is 1. The third kappa shape index (κ3) is 3.58. The molecule has 26 heavy (non-hydrogen) atoms. The molecule has 1 atom stereocenters. The van der Waals surface area contributed by atoms with Crippen molar-refractivity contribution in [3.8, 4) is 0 Å². The molecule has 0 spiro atoms. The Hall–Kier alpha value is -2.02. The first-order valence-corrected chi connectivity index (χ1v) is 9.92. The van der Waals surface area contributed by atoms with E-state index in [4.69, 9.17) is 4.74 Å². The van der Waals surface area contributed by atoms with Crippen LogP contribution in [0.2, 0.25) is 0 Å². The van der Waals surface area contributed by atoms with Crippen LogP contribution in [0.1, 0.15) is 38.4 Å². The maximum atomic E-state index is 12.5. The van der Waals surface area contributed by atoms with Crippen molar-refractivity contribution < 1.29 is 14.3 Å². The second kappa shape index (κ2) is 7.70. The fourth-order valence-corrected chi connectivity index (χ4v) is 4.36. The predicted octanol–water partition coefficient (Wildman–Crippen LogP) is 3.03. The minimum atomic E-state index is -0.182. The number of hydrogen-bond donors (Lipinski definition) is 0. The molecule has 0 unspecified atom stereocenters. The average molecular weight is 370 g/mol. The van der Waals surface area contributed by atoms with Crippen molar-refractivity contribution in [3.05, 3.63) is 57.8 Å². The van der Waals surface area contributed by atoms with Gasteiger partial charge in [0.1, 0.15) is 0 Å². The van der Waals surface area contributed by atoms with E-state index in [2.05, 4.69) is 22.4 Å². The van der Waals surface area contributed by atoms with Gasteiger partial charge in [-0.15, -0.1) is 11.3 Å². The molecule has 1 aromatic carbocycles. The van der Waals surface area contributed by atoms with Crippen molar-refractivity contribution in [2.45, 2.75) is 25.5 Å². The van der Waals surface area contributed by atoms with E-state index < -0.39 is 0 Å². The zero-order valence-electron chi connectivity index (χ0n) is 14.6. The van der Waals surface area contributed by atoms with E-state index in [1.165, 1.54) is 9.78 Å². The number of hydrogen-bond acceptors (Lipinski definition) is 5. The van der Waals surface area contributed by atoms with Gasteiger partial charge in [-0.1, -0.05) is 18.2 Å². The Morgan fingerprint density at radius 2 is 1.88 bits per heavy atom. The van der Waals surface area contributed by atoms with Gasteiger partial charge in [0, 0.05) is 37.7 Å². The highest BCUT2D eigenvalue weighted by Gasteiger charge is 2.35. The van der Waals surface area contributed by atoms with Gasteiger partial charge in [0.05, 0.1) is 17.2 Å². The molecule has 0 N–H and O–H groups in total. The Morgan fingerprint density at radius 3 is 2.50 bits per heavy atom. The van der Waals surface area contributed by atoms with Crippen LogP contribution >= 0.6 is 11.3 Å². The van der Waals surface area contributed by atoms with E-state index in [-0.39, 0.29) is 17.9 Å². The van der Waals surface area contributed by atoms with Gasteiger partial charge < -0.3 is 4.74 Å². The number of nitrogens with zero attached hydrogens (tertiary/aromatic N) is 2. The van der Waals surface area contributed by atoms with Gasteiger partial charge in [-0.05, 0) is 36.4 Å². The summed E-state index contributed by atoms with van der Waals surface area (Å²) in [6.07, 6.45) is 2.43. The lowest BCUT2D eigenvalue weighted by Gasteiger charge is -2.26. The highest BCUT2D eigenvalue weighted by molar-refractivity contribution is 7.09. The fourth-order valence-electron chi connectivity index (χ4n) is 3.62. The van der Waals surface area contributed by atoms with E-state index in [0.29, 0.717) is 24.2 Å². The number of rotatable bonds is 7. The maximum absolute atomic E-state index is 12.5. The lowest BCUT2D eigenvalue weighted by atomic mass is 10.1. The van der Waals surface area contributed by atoms with Crippen LogP contribution in [-0.4, -0.2) is 54.0 Å². The number of thiophene rings is 1. The van der Waals surface area contributed by atoms with Gasteiger partial charge in [0.2, 0.25) is 0 Å². The smallest absolute Gasteiger partial charge is 0.261 e. The monoisotopic (exact) mass is 370 g/mol. The lowest BCUT2D eigenvalue weighted by Crippen LogP contribution is -2.40. The van der Waals surface area contributed by atoms with Crippen LogP contribution in [-0.2, 0) is 11.3 Å². The number of imide groups is 1. The molecule has 5 nitrogen and oxygen atoms in total. The molecule has 1 saturated heterocycles. The van der Waals surface area contributed by atoms with Crippen molar-refractivity contribution in [2.24, 2.45) is 0 Å². The second-order valence-electron chi connectivity index (χ2n) is 6.76. The van der Waals surface area contributed by atoms with Crippen LogP contribution < -0.4 is 0 Å². The standard InChI is InChI=1S/C20H22N2O3S/c23-19-17-7-1-2-8-18(17)20(24)22(19)10-9-21(13-15-5-3-11-25-15)14-16-6-4-12-26-16/h1-2,4,6-8,12,15H,3,5,9-11,13-14H2/t15-/m0/s1. The number of ether oxygens (including phenoxy) is 1. The first-order valence-electron chi connectivity index (χ1n) is 9.04. The predicted molar refractivity (Wildman–Crippen MR) is 100 cm³/mol. The minimum Gasteiger partial charge on any atom is -0.377 e. The number of carbonyl (C=O) groups excluding carboxylic acids is 2. The SMILES string of the molecule is O=C1c2ccccc2C(=O)N1CCN(Cc1cccs1)C[C@@H]1CCCO1. The van der Waals surface area contributed by atoms with E-state index in [9.17, 15) is 9.59 Å². The summed E-state index contributed by atoms with van der Waals surface area (Å²) in [6.45, 7) is 3.55. The average Bonchev–Trinajstić information content (AvgIpc) is 3.38. The van der Waals surface area contributed by atoms with Crippen molar-refractivity contribution in [3.63, 3.8) is 0 Å². The van der Waals surface area contributed by atoms with E-state index >= 15 is 0 Å². The zero-order valence-corrected chi connectivity index (χ0v) is 15.4. The molecular formula is C20H22N2O3S. The summed E-state index contributed by atoms with van der Waals surface area (Å²) in [4.78, 5) is 30.0. The molecule has 2 aromatic rings. The molecule has 1 aromatic heterocycles. The normalized spacial score (nSPS) is 19.6. The van der Waals surface area contributed by atoms with Crippen molar-refractivity contribution >= 4 is 23.2 Å². The second-order valence-corrected chi connectivity index (χ2v) is 7.79. The molecule has 3 heterocycles. The van der Waals surface area contributed by atoms with Crippen LogP contribution in [0.15, 0.2) is 41.8 Å². The highest BCUT2D eigenvalue weighted by Crippen LogP contribution is 2.23. The zero-order chi connectivity index (χ0) is 17.9. The first-order chi connectivity index (χ1) is 12.7. The Balaban J connectivity index is 1.42. The van der Waals surface area contributed by atoms with Gasteiger partial charge in [0.25, 0.3) is 11.8 Å². The molecule has 0 saturated carbocycles. The van der Waals surface area contributed by atoms with Gasteiger partial charge >= 0.3 is 0 Å².